The topological polar surface area (TPSA) is 60.9 Å². The molecule has 166 valence electrons. The van der Waals surface area contributed by atoms with E-state index in [2.05, 4.69) is 17.0 Å². The number of rotatable bonds is 6. The van der Waals surface area contributed by atoms with E-state index in [0.717, 1.165) is 47.2 Å². The molecule has 3 fully saturated rings. The molecular formula is C24H30N2O3S2. The van der Waals surface area contributed by atoms with Gasteiger partial charge in [0.05, 0.1) is 4.91 Å². The van der Waals surface area contributed by atoms with Crippen molar-refractivity contribution in [3.8, 4) is 0 Å². The van der Waals surface area contributed by atoms with Gasteiger partial charge in [-0.15, -0.1) is 0 Å². The SMILES string of the molecule is O=C(O)CN1C(=O)/C(=C\c2ccc(N3CCC(CC4CCCCC4)CC3)cc2)SC1=S. The van der Waals surface area contributed by atoms with Crippen LogP contribution in [0.15, 0.2) is 29.2 Å². The lowest BCUT2D eigenvalue weighted by Gasteiger charge is -2.35. The molecule has 1 aromatic rings. The molecule has 2 aliphatic heterocycles. The summed E-state index contributed by atoms with van der Waals surface area (Å²) < 4.78 is 0.298. The highest BCUT2D eigenvalue weighted by atomic mass is 32.2. The molecule has 0 aromatic heterocycles. The maximum Gasteiger partial charge on any atom is 0.323 e. The van der Waals surface area contributed by atoms with Crippen LogP contribution in [-0.4, -0.2) is 45.8 Å². The van der Waals surface area contributed by atoms with Gasteiger partial charge in [-0.1, -0.05) is 68.2 Å². The predicted octanol–water partition coefficient (Wildman–Crippen LogP) is 5.16. The number of piperidine rings is 1. The van der Waals surface area contributed by atoms with E-state index in [1.807, 2.05) is 12.1 Å². The summed E-state index contributed by atoms with van der Waals surface area (Å²) in [4.78, 5) is 27.4. The molecule has 7 heteroatoms. The minimum absolute atomic E-state index is 0.298. The van der Waals surface area contributed by atoms with Crippen LogP contribution in [0.25, 0.3) is 6.08 Å². The Morgan fingerprint density at radius 3 is 2.35 bits per heavy atom. The van der Waals surface area contributed by atoms with Gasteiger partial charge in [-0.25, -0.2) is 0 Å². The molecule has 2 saturated heterocycles. The van der Waals surface area contributed by atoms with E-state index in [1.54, 1.807) is 6.08 Å². The lowest BCUT2D eigenvalue weighted by atomic mass is 9.80. The van der Waals surface area contributed by atoms with E-state index in [1.165, 1.54) is 57.1 Å². The van der Waals surface area contributed by atoms with E-state index < -0.39 is 12.5 Å². The highest BCUT2D eigenvalue weighted by Crippen LogP contribution is 2.35. The molecule has 1 aromatic carbocycles. The van der Waals surface area contributed by atoms with Crippen molar-refractivity contribution in [3.05, 3.63) is 34.7 Å². The van der Waals surface area contributed by atoms with E-state index in [9.17, 15) is 9.59 Å². The number of thiocarbonyl (C=S) groups is 1. The first-order valence-electron chi connectivity index (χ1n) is 11.3. The molecule has 4 rings (SSSR count). The van der Waals surface area contributed by atoms with Crippen molar-refractivity contribution >= 4 is 51.9 Å². The first-order chi connectivity index (χ1) is 15.0. The molecule has 1 aliphatic carbocycles. The van der Waals surface area contributed by atoms with Crippen molar-refractivity contribution in [2.24, 2.45) is 11.8 Å². The third-order valence-corrected chi connectivity index (χ3v) is 8.11. The number of carbonyl (C=O) groups excluding carboxylic acids is 1. The normalized spacial score (nSPS) is 22.5. The Morgan fingerprint density at radius 1 is 1.06 bits per heavy atom. The number of nitrogens with zero attached hydrogens (tertiary/aromatic N) is 2. The molecule has 2 heterocycles. The Morgan fingerprint density at radius 2 is 1.71 bits per heavy atom. The lowest BCUT2D eigenvalue weighted by molar-refractivity contribution is -0.140. The summed E-state index contributed by atoms with van der Waals surface area (Å²) in [6.07, 6.45) is 13.0. The molecule has 0 atom stereocenters. The average Bonchev–Trinajstić information content (AvgIpc) is 3.02. The maximum absolute atomic E-state index is 12.4. The van der Waals surface area contributed by atoms with E-state index >= 15 is 0 Å². The van der Waals surface area contributed by atoms with Crippen molar-refractivity contribution in [2.75, 3.05) is 24.5 Å². The fraction of sp³-hybridized carbons (Fsp3) is 0.542. The molecule has 3 aliphatic rings. The lowest BCUT2D eigenvalue weighted by Crippen LogP contribution is -2.34. The Hall–Kier alpha value is -1.86. The largest absolute Gasteiger partial charge is 0.480 e. The number of aliphatic carboxylic acids is 1. The van der Waals surface area contributed by atoms with Gasteiger partial charge in [-0.05, 0) is 54.9 Å². The van der Waals surface area contributed by atoms with Gasteiger partial charge >= 0.3 is 5.97 Å². The number of hydrogen-bond acceptors (Lipinski definition) is 5. The number of benzene rings is 1. The number of amides is 1. The molecule has 31 heavy (non-hydrogen) atoms. The van der Waals surface area contributed by atoms with Gasteiger partial charge in [0.15, 0.2) is 0 Å². The third kappa shape index (κ3) is 5.69. The number of thioether (sulfide) groups is 1. The van der Waals surface area contributed by atoms with Crippen molar-refractivity contribution in [1.29, 1.82) is 0 Å². The van der Waals surface area contributed by atoms with Crippen LogP contribution in [0.3, 0.4) is 0 Å². The molecule has 5 nitrogen and oxygen atoms in total. The van der Waals surface area contributed by atoms with Crippen LogP contribution in [0.4, 0.5) is 5.69 Å². The fourth-order valence-corrected chi connectivity index (χ4v) is 6.28. The Bertz CT molecular complexity index is 854. The summed E-state index contributed by atoms with van der Waals surface area (Å²) in [6, 6.07) is 8.27. The van der Waals surface area contributed by atoms with Crippen molar-refractivity contribution < 1.29 is 14.7 Å². The monoisotopic (exact) mass is 458 g/mol. The number of carbonyl (C=O) groups is 2. The summed E-state index contributed by atoms with van der Waals surface area (Å²) in [5.74, 6) is 0.449. The van der Waals surface area contributed by atoms with E-state index in [-0.39, 0.29) is 5.91 Å². The van der Waals surface area contributed by atoms with Gasteiger partial charge in [0, 0.05) is 18.8 Å². The second-order valence-electron chi connectivity index (χ2n) is 8.92. The van der Waals surface area contributed by atoms with Gasteiger partial charge in [0.1, 0.15) is 10.9 Å². The van der Waals surface area contributed by atoms with Gasteiger partial charge in [0.2, 0.25) is 0 Å². The molecular weight excluding hydrogens is 428 g/mol. The zero-order valence-corrected chi connectivity index (χ0v) is 19.4. The molecule has 0 unspecified atom stereocenters. The van der Waals surface area contributed by atoms with E-state index in [0.29, 0.717) is 9.23 Å². The molecule has 0 spiro atoms. The predicted molar refractivity (Wildman–Crippen MR) is 130 cm³/mol. The molecule has 0 radical (unpaired) electrons. The van der Waals surface area contributed by atoms with Gasteiger partial charge < -0.3 is 10.0 Å². The number of anilines is 1. The molecule has 0 bridgehead atoms. The Labute approximate surface area is 193 Å². The van der Waals surface area contributed by atoms with Crippen LogP contribution >= 0.6 is 24.0 Å². The van der Waals surface area contributed by atoms with Gasteiger partial charge in [-0.2, -0.15) is 0 Å². The number of carboxylic acids is 1. The van der Waals surface area contributed by atoms with Crippen LogP contribution in [-0.2, 0) is 9.59 Å². The van der Waals surface area contributed by atoms with Crippen LogP contribution in [0.2, 0.25) is 0 Å². The highest BCUT2D eigenvalue weighted by molar-refractivity contribution is 8.26. The Kier molecular flexibility index (Phi) is 7.33. The summed E-state index contributed by atoms with van der Waals surface area (Å²) in [6.45, 7) is 1.84. The minimum atomic E-state index is -1.07. The quantitative estimate of drug-likeness (QED) is 0.469. The van der Waals surface area contributed by atoms with Crippen molar-refractivity contribution in [3.63, 3.8) is 0 Å². The van der Waals surface area contributed by atoms with Crippen LogP contribution in [0.1, 0.15) is 56.9 Å². The minimum Gasteiger partial charge on any atom is -0.480 e. The van der Waals surface area contributed by atoms with Crippen LogP contribution in [0, 0.1) is 11.8 Å². The smallest absolute Gasteiger partial charge is 0.323 e. The second-order valence-corrected chi connectivity index (χ2v) is 10.6. The number of carboxylic acid groups (broad SMARTS) is 1. The van der Waals surface area contributed by atoms with Crippen molar-refractivity contribution in [2.45, 2.75) is 51.4 Å². The first-order valence-corrected chi connectivity index (χ1v) is 12.5. The standard InChI is InChI=1S/C24H30N2O3S2/c27-22(28)16-26-23(29)21(31-24(26)30)15-18-6-8-20(9-7-18)25-12-10-19(11-13-25)14-17-4-2-1-3-5-17/h6-9,15,17,19H,1-5,10-14,16H2,(H,27,28)/b21-15+. The second kappa shape index (κ2) is 10.2. The maximum atomic E-state index is 12.4. The van der Waals surface area contributed by atoms with Gasteiger partial charge in [0.25, 0.3) is 5.91 Å². The van der Waals surface area contributed by atoms with Crippen LogP contribution in [0.5, 0.6) is 0 Å². The summed E-state index contributed by atoms with van der Waals surface area (Å²) in [7, 11) is 0. The molecule has 1 saturated carbocycles. The highest BCUT2D eigenvalue weighted by Gasteiger charge is 2.33. The molecule has 1 N–H and O–H groups in total. The van der Waals surface area contributed by atoms with Crippen molar-refractivity contribution in [1.82, 2.24) is 4.90 Å². The van der Waals surface area contributed by atoms with Gasteiger partial charge in [-0.3, -0.25) is 14.5 Å². The fourth-order valence-electron chi connectivity index (χ4n) is 5.03. The third-order valence-electron chi connectivity index (χ3n) is 6.73. The summed E-state index contributed by atoms with van der Waals surface area (Å²) >= 11 is 6.31. The van der Waals surface area contributed by atoms with Crippen LogP contribution < -0.4 is 4.90 Å². The zero-order valence-electron chi connectivity index (χ0n) is 17.8. The summed E-state index contributed by atoms with van der Waals surface area (Å²) in [5, 5.41) is 8.95. The number of hydrogen-bond donors (Lipinski definition) is 1. The van der Waals surface area contributed by atoms with E-state index in [4.69, 9.17) is 17.3 Å². The molecule has 1 amide bonds. The Balaban J connectivity index is 1.32. The zero-order chi connectivity index (χ0) is 21.8. The first kappa shape index (κ1) is 22.3. The average molecular weight is 459 g/mol. The summed E-state index contributed by atoms with van der Waals surface area (Å²) in [5.41, 5.74) is 2.15.